The van der Waals surface area contributed by atoms with Gasteiger partial charge in [0.15, 0.2) is 0 Å². The van der Waals surface area contributed by atoms with E-state index < -0.39 is 0 Å². The zero-order valence-electron chi connectivity index (χ0n) is 10.9. The fourth-order valence-corrected chi connectivity index (χ4v) is 1.76. The van der Waals surface area contributed by atoms with Crippen molar-refractivity contribution in [3.05, 3.63) is 23.8 Å². The molecule has 1 unspecified atom stereocenters. The highest BCUT2D eigenvalue weighted by molar-refractivity contribution is 5.39. The van der Waals surface area contributed by atoms with Crippen LogP contribution in [0.2, 0.25) is 0 Å². The lowest BCUT2D eigenvalue weighted by molar-refractivity contribution is 0.233. The lowest BCUT2D eigenvalue weighted by Crippen LogP contribution is -2.09. The zero-order chi connectivity index (χ0) is 12.7. The average molecular weight is 238 g/mol. The van der Waals surface area contributed by atoms with Gasteiger partial charge in [-0.25, -0.2) is 0 Å². The Morgan fingerprint density at radius 2 is 2.12 bits per heavy atom. The number of benzene rings is 1. The highest BCUT2D eigenvalue weighted by Gasteiger charge is 2.07. The Hall–Kier alpha value is -1.22. The first-order chi connectivity index (χ1) is 8.21. The molecule has 0 bridgehead atoms. The molecule has 3 nitrogen and oxygen atoms in total. The lowest BCUT2D eigenvalue weighted by atomic mass is 10.1. The predicted molar refractivity (Wildman–Crippen MR) is 68.5 cm³/mol. The molecular formula is C14H22O3. The van der Waals surface area contributed by atoms with Crippen molar-refractivity contribution in [3.63, 3.8) is 0 Å². The zero-order valence-corrected chi connectivity index (χ0v) is 10.9. The molecular weight excluding hydrogens is 216 g/mol. The molecule has 0 radical (unpaired) electrons. The topological polar surface area (TPSA) is 38.7 Å². The maximum Gasteiger partial charge on any atom is 0.125 e. The number of methoxy groups -OCH3 is 1. The third kappa shape index (κ3) is 4.27. The van der Waals surface area contributed by atoms with Gasteiger partial charge in [-0.2, -0.15) is 0 Å². The maximum absolute atomic E-state index is 9.27. The fraction of sp³-hybridized carbons (Fsp3) is 0.571. The lowest BCUT2D eigenvalue weighted by Gasteiger charge is -2.15. The van der Waals surface area contributed by atoms with E-state index in [2.05, 4.69) is 13.8 Å². The Balaban J connectivity index is 2.63. The van der Waals surface area contributed by atoms with Gasteiger partial charge in [0.1, 0.15) is 11.5 Å². The van der Waals surface area contributed by atoms with Crippen molar-refractivity contribution in [1.82, 2.24) is 0 Å². The van der Waals surface area contributed by atoms with Gasteiger partial charge in [0, 0.05) is 5.56 Å². The second kappa shape index (κ2) is 7.17. The molecule has 1 N–H and O–H groups in total. The monoisotopic (exact) mass is 238 g/mol. The molecule has 0 fully saturated rings. The van der Waals surface area contributed by atoms with Crippen LogP contribution in [-0.4, -0.2) is 18.8 Å². The van der Waals surface area contributed by atoms with E-state index in [0.717, 1.165) is 23.5 Å². The minimum atomic E-state index is -0.0330. The van der Waals surface area contributed by atoms with Crippen molar-refractivity contribution >= 4 is 0 Å². The Bertz CT molecular complexity index is 336. The number of aliphatic hydroxyl groups excluding tert-OH is 1. The molecule has 1 rings (SSSR count). The molecule has 0 aliphatic rings. The van der Waals surface area contributed by atoms with E-state index in [1.807, 2.05) is 12.1 Å². The van der Waals surface area contributed by atoms with E-state index in [9.17, 15) is 5.11 Å². The van der Waals surface area contributed by atoms with E-state index >= 15 is 0 Å². The van der Waals surface area contributed by atoms with Crippen molar-refractivity contribution < 1.29 is 14.6 Å². The Labute approximate surface area is 103 Å². The molecule has 17 heavy (non-hydrogen) atoms. The summed E-state index contributed by atoms with van der Waals surface area (Å²) in [5.74, 6) is 2.02. The Kier molecular flexibility index (Phi) is 5.84. The summed E-state index contributed by atoms with van der Waals surface area (Å²) in [7, 11) is 1.61. The highest BCUT2D eigenvalue weighted by Crippen LogP contribution is 2.24. The van der Waals surface area contributed by atoms with Crippen molar-refractivity contribution in [1.29, 1.82) is 0 Å². The smallest absolute Gasteiger partial charge is 0.125 e. The summed E-state index contributed by atoms with van der Waals surface area (Å²) >= 11 is 0. The molecule has 1 atom stereocenters. The van der Waals surface area contributed by atoms with Gasteiger partial charge >= 0.3 is 0 Å². The Morgan fingerprint density at radius 1 is 1.35 bits per heavy atom. The predicted octanol–water partition coefficient (Wildman–Crippen LogP) is 3.00. The van der Waals surface area contributed by atoms with Gasteiger partial charge in [-0.05, 0) is 30.5 Å². The number of aliphatic hydroxyl groups is 1. The van der Waals surface area contributed by atoms with Gasteiger partial charge in [0.05, 0.1) is 20.3 Å². The van der Waals surface area contributed by atoms with Crippen molar-refractivity contribution in [2.24, 2.45) is 5.92 Å². The standard InChI is InChI=1S/C14H22O3/c1-4-5-11(2)10-17-14-7-6-13(16-3)8-12(14)9-15/h6-8,11,15H,4-5,9-10H2,1-3H3. The van der Waals surface area contributed by atoms with Crippen LogP contribution < -0.4 is 9.47 Å². The van der Waals surface area contributed by atoms with E-state index in [4.69, 9.17) is 9.47 Å². The van der Waals surface area contributed by atoms with Crippen molar-refractivity contribution in [3.8, 4) is 11.5 Å². The second-order valence-electron chi connectivity index (χ2n) is 4.34. The average Bonchev–Trinajstić information content (AvgIpc) is 2.36. The quantitative estimate of drug-likeness (QED) is 0.793. The summed E-state index contributed by atoms with van der Waals surface area (Å²) in [4.78, 5) is 0. The van der Waals surface area contributed by atoms with Gasteiger partial charge in [-0.3, -0.25) is 0 Å². The number of rotatable bonds is 7. The molecule has 0 heterocycles. The molecule has 0 saturated heterocycles. The molecule has 0 spiro atoms. The van der Waals surface area contributed by atoms with Gasteiger partial charge < -0.3 is 14.6 Å². The summed E-state index contributed by atoms with van der Waals surface area (Å²) in [6.07, 6.45) is 2.32. The van der Waals surface area contributed by atoms with E-state index in [-0.39, 0.29) is 6.61 Å². The molecule has 96 valence electrons. The minimum absolute atomic E-state index is 0.0330. The summed E-state index contributed by atoms with van der Waals surface area (Å²) in [6.45, 7) is 5.00. The fourth-order valence-electron chi connectivity index (χ4n) is 1.76. The van der Waals surface area contributed by atoms with Crippen LogP contribution in [0, 0.1) is 5.92 Å². The van der Waals surface area contributed by atoms with E-state index in [1.54, 1.807) is 13.2 Å². The van der Waals surface area contributed by atoms with Crippen molar-refractivity contribution in [2.75, 3.05) is 13.7 Å². The van der Waals surface area contributed by atoms with Gasteiger partial charge in [-0.1, -0.05) is 20.3 Å². The maximum atomic E-state index is 9.27. The van der Waals surface area contributed by atoms with Crippen LogP contribution in [0.25, 0.3) is 0 Å². The molecule has 0 aliphatic carbocycles. The van der Waals surface area contributed by atoms with Crippen LogP contribution in [0.5, 0.6) is 11.5 Å². The molecule has 3 heteroatoms. The summed E-state index contributed by atoms with van der Waals surface area (Å²) < 4.78 is 10.8. The number of hydrogen-bond donors (Lipinski definition) is 1. The highest BCUT2D eigenvalue weighted by atomic mass is 16.5. The third-order valence-electron chi connectivity index (χ3n) is 2.74. The molecule has 0 aliphatic heterocycles. The molecule has 1 aromatic carbocycles. The van der Waals surface area contributed by atoms with E-state index in [1.165, 1.54) is 6.42 Å². The van der Waals surface area contributed by atoms with Crippen LogP contribution >= 0.6 is 0 Å². The van der Waals surface area contributed by atoms with Crippen LogP contribution in [0.4, 0.5) is 0 Å². The van der Waals surface area contributed by atoms with Gasteiger partial charge in [0.2, 0.25) is 0 Å². The van der Waals surface area contributed by atoms with Crippen LogP contribution in [0.1, 0.15) is 32.3 Å². The third-order valence-corrected chi connectivity index (χ3v) is 2.74. The normalized spacial score (nSPS) is 12.2. The van der Waals surface area contributed by atoms with Gasteiger partial charge in [0.25, 0.3) is 0 Å². The van der Waals surface area contributed by atoms with Crippen LogP contribution in [-0.2, 0) is 6.61 Å². The SMILES string of the molecule is CCCC(C)COc1ccc(OC)cc1CO. The molecule has 0 amide bonds. The number of ether oxygens (including phenoxy) is 2. The second-order valence-corrected chi connectivity index (χ2v) is 4.34. The first kappa shape index (κ1) is 13.8. The van der Waals surface area contributed by atoms with Crippen molar-refractivity contribution in [2.45, 2.75) is 33.3 Å². The molecule has 0 saturated carbocycles. The molecule has 1 aromatic rings. The first-order valence-electron chi connectivity index (χ1n) is 6.11. The number of hydrogen-bond acceptors (Lipinski definition) is 3. The van der Waals surface area contributed by atoms with Crippen LogP contribution in [0.15, 0.2) is 18.2 Å². The van der Waals surface area contributed by atoms with Crippen LogP contribution in [0.3, 0.4) is 0 Å². The summed E-state index contributed by atoms with van der Waals surface area (Å²) in [6, 6.07) is 5.50. The summed E-state index contributed by atoms with van der Waals surface area (Å²) in [5, 5.41) is 9.27. The van der Waals surface area contributed by atoms with E-state index in [0.29, 0.717) is 12.5 Å². The van der Waals surface area contributed by atoms with Gasteiger partial charge in [-0.15, -0.1) is 0 Å². The molecule has 0 aromatic heterocycles. The Morgan fingerprint density at radius 3 is 2.71 bits per heavy atom. The minimum Gasteiger partial charge on any atom is -0.497 e. The largest absolute Gasteiger partial charge is 0.497 e. The first-order valence-corrected chi connectivity index (χ1v) is 6.11. The summed E-state index contributed by atoms with van der Waals surface area (Å²) in [5.41, 5.74) is 0.771.